The van der Waals surface area contributed by atoms with Crippen molar-refractivity contribution < 1.29 is 0 Å². The van der Waals surface area contributed by atoms with Crippen LogP contribution in [0.5, 0.6) is 0 Å². The van der Waals surface area contributed by atoms with Gasteiger partial charge in [-0.3, -0.25) is 4.68 Å². The van der Waals surface area contributed by atoms with Crippen LogP contribution in [0.2, 0.25) is 0 Å². The first-order chi connectivity index (χ1) is 9.97. The minimum Gasteiger partial charge on any atom is -0.383 e. The van der Waals surface area contributed by atoms with E-state index in [1.54, 1.807) is 16.0 Å². The minimum absolute atomic E-state index is 0.672. The Morgan fingerprint density at radius 1 is 1.24 bits per heavy atom. The highest BCUT2D eigenvalue weighted by Gasteiger charge is 2.19. The maximum Gasteiger partial charge on any atom is 0.129 e. The summed E-state index contributed by atoms with van der Waals surface area (Å²) < 4.78 is 3.88. The Morgan fingerprint density at radius 3 is 2.62 bits per heavy atom. The fourth-order valence-electron chi connectivity index (χ4n) is 2.21. The molecule has 0 fully saturated rings. The third-order valence-electron chi connectivity index (χ3n) is 3.30. The van der Waals surface area contributed by atoms with Crippen LogP contribution in [0.3, 0.4) is 0 Å². The predicted molar refractivity (Wildman–Crippen MR) is 96.5 cm³/mol. The Kier molecular flexibility index (Phi) is 3.94. The SMILES string of the molecule is Cc1cc(-c2nn(C)c(N)c2-c2cccc(Br)c2)sc1Br. The molecule has 0 radical (unpaired) electrons. The minimum atomic E-state index is 0.672. The molecule has 0 bridgehead atoms. The number of nitrogen functional groups attached to an aromatic ring is 1. The first-order valence-corrected chi connectivity index (χ1v) is 8.72. The number of hydrogen-bond acceptors (Lipinski definition) is 3. The Hall–Kier alpha value is -1.11. The highest BCUT2D eigenvalue weighted by atomic mass is 79.9. The number of anilines is 1. The Labute approximate surface area is 144 Å². The van der Waals surface area contributed by atoms with Gasteiger partial charge in [-0.2, -0.15) is 5.10 Å². The van der Waals surface area contributed by atoms with Crippen LogP contribution in [0.4, 0.5) is 5.82 Å². The lowest BCUT2D eigenvalue weighted by Gasteiger charge is -2.03. The molecule has 6 heteroatoms. The van der Waals surface area contributed by atoms with Crippen LogP contribution in [-0.2, 0) is 7.05 Å². The van der Waals surface area contributed by atoms with Crippen molar-refractivity contribution in [3.05, 3.63) is 44.2 Å². The molecule has 2 heterocycles. The lowest BCUT2D eigenvalue weighted by atomic mass is 10.0. The zero-order valence-electron chi connectivity index (χ0n) is 11.5. The topological polar surface area (TPSA) is 43.8 Å². The van der Waals surface area contributed by atoms with Gasteiger partial charge in [0, 0.05) is 11.5 Å². The molecule has 0 aliphatic carbocycles. The van der Waals surface area contributed by atoms with Crippen LogP contribution in [0, 0.1) is 6.92 Å². The molecule has 0 aliphatic rings. The summed E-state index contributed by atoms with van der Waals surface area (Å²) in [6.07, 6.45) is 0. The zero-order chi connectivity index (χ0) is 15.1. The normalized spacial score (nSPS) is 11.0. The summed E-state index contributed by atoms with van der Waals surface area (Å²) in [7, 11) is 1.87. The summed E-state index contributed by atoms with van der Waals surface area (Å²) in [5.74, 6) is 0.672. The van der Waals surface area contributed by atoms with E-state index < -0.39 is 0 Å². The van der Waals surface area contributed by atoms with Crippen molar-refractivity contribution in [2.24, 2.45) is 7.05 Å². The molecule has 3 nitrogen and oxygen atoms in total. The van der Waals surface area contributed by atoms with Gasteiger partial charge in [-0.1, -0.05) is 28.1 Å². The van der Waals surface area contributed by atoms with Gasteiger partial charge in [-0.15, -0.1) is 11.3 Å². The van der Waals surface area contributed by atoms with Crippen LogP contribution in [0.25, 0.3) is 21.7 Å². The van der Waals surface area contributed by atoms with Gasteiger partial charge in [0.25, 0.3) is 0 Å². The first-order valence-electron chi connectivity index (χ1n) is 6.32. The molecule has 0 unspecified atom stereocenters. The van der Waals surface area contributed by atoms with Gasteiger partial charge in [0.2, 0.25) is 0 Å². The molecule has 3 rings (SSSR count). The molecular weight excluding hydrogens is 414 g/mol. The summed E-state index contributed by atoms with van der Waals surface area (Å²) in [6, 6.07) is 10.3. The van der Waals surface area contributed by atoms with Crippen molar-refractivity contribution in [3.63, 3.8) is 0 Å². The summed E-state index contributed by atoms with van der Waals surface area (Å²) in [4.78, 5) is 1.11. The fourth-order valence-corrected chi connectivity index (χ4v) is 4.14. The molecule has 0 amide bonds. The standard InChI is InChI=1S/C15H13Br2N3S/c1-8-6-11(21-14(8)17)13-12(15(18)20(2)19-13)9-4-3-5-10(16)7-9/h3-7H,18H2,1-2H3. The number of hydrogen-bond donors (Lipinski definition) is 1. The predicted octanol–water partition coefficient (Wildman–Crippen LogP) is 5.23. The Bertz CT molecular complexity index is 801. The molecule has 0 atom stereocenters. The molecule has 108 valence electrons. The van der Waals surface area contributed by atoms with Crippen molar-refractivity contribution in [3.8, 4) is 21.7 Å². The van der Waals surface area contributed by atoms with Crippen molar-refractivity contribution in [1.29, 1.82) is 0 Å². The lowest BCUT2D eigenvalue weighted by molar-refractivity contribution is 0.783. The van der Waals surface area contributed by atoms with Crippen molar-refractivity contribution >= 4 is 49.0 Å². The van der Waals surface area contributed by atoms with E-state index in [0.29, 0.717) is 5.82 Å². The largest absolute Gasteiger partial charge is 0.383 e. The summed E-state index contributed by atoms with van der Waals surface area (Å²) in [5, 5.41) is 4.61. The Balaban J connectivity index is 2.25. The smallest absolute Gasteiger partial charge is 0.129 e. The van der Waals surface area contributed by atoms with Gasteiger partial charge >= 0.3 is 0 Å². The number of thiophene rings is 1. The average molecular weight is 427 g/mol. The monoisotopic (exact) mass is 425 g/mol. The number of nitrogens with zero attached hydrogens (tertiary/aromatic N) is 2. The summed E-state index contributed by atoms with van der Waals surface area (Å²) >= 11 is 8.77. The summed E-state index contributed by atoms with van der Waals surface area (Å²) in [5.41, 5.74) is 10.4. The van der Waals surface area contributed by atoms with E-state index in [1.165, 1.54) is 5.56 Å². The second-order valence-electron chi connectivity index (χ2n) is 4.81. The molecule has 2 aromatic heterocycles. The van der Waals surface area contributed by atoms with Crippen molar-refractivity contribution in [2.75, 3.05) is 5.73 Å². The van der Waals surface area contributed by atoms with Gasteiger partial charge in [-0.25, -0.2) is 0 Å². The Morgan fingerprint density at radius 2 is 2.00 bits per heavy atom. The van der Waals surface area contributed by atoms with Crippen LogP contribution in [0.15, 0.2) is 38.6 Å². The number of rotatable bonds is 2. The highest BCUT2D eigenvalue weighted by Crippen LogP contribution is 2.41. The fraction of sp³-hybridized carbons (Fsp3) is 0.133. The van der Waals surface area contributed by atoms with Gasteiger partial charge in [0.1, 0.15) is 11.5 Å². The van der Waals surface area contributed by atoms with E-state index in [-0.39, 0.29) is 0 Å². The molecule has 1 aromatic carbocycles. The molecule has 0 saturated heterocycles. The third-order valence-corrected chi connectivity index (χ3v) is 5.93. The molecule has 0 spiro atoms. The highest BCUT2D eigenvalue weighted by molar-refractivity contribution is 9.11. The van der Waals surface area contributed by atoms with Crippen molar-refractivity contribution in [2.45, 2.75) is 6.92 Å². The van der Waals surface area contributed by atoms with Gasteiger partial charge in [-0.05, 0) is 52.2 Å². The molecule has 0 saturated carbocycles. The van der Waals surface area contributed by atoms with Gasteiger partial charge in [0.05, 0.1) is 14.2 Å². The molecule has 3 aromatic rings. The maximum absolute atomic E-state index is 6.25. The van der Waals surface area contributed by atoms with Crippen LogP contribution in [0.1, 0.15) is 5.56 Å². The van der Waals surface area contributed by atoms with E-state index in [0.717, 1.165) is 30.0 Å². The van der Waals surface area contributed by atoms with E-state index in [1.807, 2.05) is 19.2 Å². The number of halogens is 2. The number of aromatic nitrogens is 2. The molecule has 2 N–H and O–H groups in total. The third kappa shape index (κ3) is 2.67. The molecule has 21 heavy (non-hydrogen) atoms. The quantitative estimate of drug-likeness (QED) is 0.609. The van der Waals surface area contributed by atoms with Crippen LogP contribution in [-0.4, -0.2) is 9.78 Å². The molecule has 0 aliphatic heterocycles. The number of aryl methyl sites for hydroxylation is 2. The second kappa shape index (κ2) is 5.59. The summed E-state index contributed by atoms with van der Waals surface area (Å²) in [6.45, 7) is 2.08. The van der Waals surface area contributed by atoms with E-state index >= 15 is 0 Å². The molecular formula is C15H13Br2N3S. The number of nitrogens with two attached hydrogens (primary N) is 1. The first kappa shape index (κ1) is 14.8. The number of benzene rings is 1. The lowest BCUT2D eigenvalue weighted by Crippen LogP contribution is -1.97. The van der Waals surface area contributed by atoms with Crippen LogP contribution < -0.4 is 5.73 Å². The van der Waals surface area contributed by atoms with Gasteiger partial charge < -0.3 is 5.73 Å². The van der Waals surface area contributed by atoms with Crippen molar-refractivity contribution in [1.82, 2.24) is 9.78 Å². The second-order valence-corrected chi connectivity index (χ2v) is 8.10. The average Bonchev–Trinajstić information content (AvgIpc) is 2.91. The maximum atomic E-state index is 6.25. The zero-order valence-corrected chi connectivity index (χ0v) is 15.5. The van der Waals surface area contributed by atoms with Gasteiger partial charge in [0.15, 0.2) is 0 Å². The van der Waals surface area contributed by atoms with E-state index in [9.17, 15) is 0 Å². The van der Waals surface area contributed by atoms with E-state index in [4.69, 9.17) is 5.73 Å². The van der Waals surface area contributed by atoms with E-state index in [2.05, 4.69) is 62.1 Å². The van der Waals surface area contributed by atoms with Crippen LogP contribution >= 0.6 is 43.2 Å².